The highest BCUT2D eigenvalue weighted by Gasteiger charge is 2.36. The lowest BCUT2D eigenvalue weighted by Gasteiger charge is -2.26. The summed E-state index contributed by atoms with van der Waals surface area (Å²) < 4.78 is 86.6. The summed E-state index contributed by atoms with van der Waals surface area (Å²) in [7, 11) is 0. The Morgan fingerprint density at radius 1 is 0.865 bits per heavy atom. The van der Waals surface area contributed by atoms with Crippen molar-refractivity contribution in [3.8, 4) is 11.5 Å². The van der Waals surface area contributed by atoms with Crippen molar-refractivity contribution in [1.29, 1.82) is 0 Å². The Morgan fingerprint density at radius 3 is 1.97 bits per heavy atom. The van der Waals surface area contributed by atoms with E-state index in [2.05, 4.69) is 14.8 Å². The van der Waals surface area contributed by atoms with Crippen molar-refractivity contribution in [3.05, 3.63) is 95.7 Å². The highest BCUT2D eigenvalue weighted by Crippen LogP contribution is 2.38. The lowest BCUT2D eigenvalue weighted by atomic mass is 10.0. The maximum Gasteiger partial charge on any atom is 0.387 e. The molecule has 37 heavy (non-hydrogen) atoms. The zero-order valence-electron chi connectivity index (χ0n) is 19.2. The molecule has 5 nitrogen and oxygen atoms in total. The molecule has 1 aliphatic heterocycles. The third kappa shape index (κ3) is 6.16. The molecular formula is C26H20F6N2O3. The molecule has 1 aliphatic rings. The van der Waals surface area contributed by atoms with E-state index in [0.29, 0.717) is 16.9 Å². The molecule has 1 amide bonds. The fourth-order valence-electron chi connectivity index (χ4n) is 3.84. The van der Waals surface area contributed by atoms with Gasteiger partial charge in [0.1, 0.15) is 17.2 Å². The predicted molar refractivity (Wildman–Crippen MR) is 124 cm³/mol. The normalized spacial score (nSPS) is 15.8. The minimum atomic E-state index is -3.12. The van der Waals surface area contributed by atoms with Gasteiger partial charge in [0.2, 0.25) is 0 Å². The third-order valence-corrected chi connectivity index (χ3v) is 5.49. The van der Waals surface area contributed by atoms with Gasteiger partial charge in [-0.1, -0.05) is 18.2 Å². The highest BCUT2D eigenvalue weighted by molar-refractivity contribution is 6.11. The Hall–Kier alpha value is -4.15. The number of nitrogens with zero attached hydrogens (tertiary/aromatic N) is 1. The average Bonchev–Trinajstić information content (AvgIpc) is 3.15. The van der Waals surface area contributed by atoms with Gasteiger partial charge in [0.15, 0.2) is 0 Å². The summed E-state index contributed by atoms with van der Waals surface area (Å²) in [5, 5.41) is 2.91. The molecule has 0 saturated carbocycles. The van der Waals surface area contributed by atoms with Gasteiger partial charge in [-0.3, -0.25) is 9.69 Å². The van der Waals surface area contributed by atoms with Crippen LogP contribution in [0.3, 0.4) is 0 Å². The Balaban J connectivity index is 1.68. The van der Waals surface area contributed by atoms with E-state index in [1.807, 2.05) is 0 Å². The first-order valence-electron chi connectivity index (χ1n) is 10.9. The van der Waals surface area contributed by atoms with Crippen LogP contribution in [0.1, 0.15) is 24.1 Å². The van der Waals surface area contributed by atoms with E-state index in [1.54, 1.807) is 6.07 Å². The second kappa shape index (κ2) is 10.5. The molecule has 0 fully saturated rings. The summed E-state index contributed by atoms with van der Waals surface area (Å²) >= 11 is 0. The molecular weight excluding hydrogens is 502 g/mol. The van der Waals surface area contributed by atoms with Crippen molar-refractivity contribution in [1.82, 2.24) is 0 Å². The number of carbonyl (C=O) groups excluding carboxylic acids is 1. The number of rotatable bonds is 9. The van der Waals surface area contributed by atoms with Crippen molar-refractivity contribution >= 4 is 17.3 Å². The second-order valence-electron chi connectivity index (χ2n) is 8.11. The molecule has 1 heterocycles. The van der Waals surface area contributed by atoms with Crippen LogP contribution >= 0.6 is 0 Å². The summed E-state index contributed by atoms with van der Waals surface area (Å²) in [6, 6.07) is 15.5. The van der Waals surface area contributed by atoms with E-state index >= 15 is 0 Å². The Labute approximate surface area is 207 Å². The molecule has 194 valence electrons. The van der Waals surface area contributed by atoms with Crippen LogP contribution in [-0.2, 0) is 10.7 Å². The van der Waals surface area contributed by atoms with Gasteiger partial charge in [0.05, 0.1) is 6.04 Å². The van der Waals surface area contributed by atoms with Gasteiger partial charge in [0.25, 0.3) is 11.8 Å². The second-order valence-corrected chi connectivity index (χ2v) is 8.11. The van der Waals surface area contributed by atoms with Crippen molar-refractivity contribution in [2.75, 3.05) is 10.2 Å². The minimum absolute atomic E-state index is 0.0739. The largest absolute Gasteiger partial charge is 0.435 e. The average molecular weight is 522 g/mol. The topological polar surface area (TPSA) is 50.8 Å². The van der Waals surface area contributed by atoms with E-state index in [9.17, 15) is 31.1 Å². The number of nitrogens with one attached hydrogen (secondary N) is 1. The summed E-state index contributed by atoms with van der Waals surface area (Å²) in [6.45, 7) is -5.26. The van der Waals surface area contributed by atoms with Crippen LogP contribution in [0.4, 0.5) is 37.7 Å². The number of hydrogen-bond donors (Lipinski definition) is 1. The maximum atomic E-state index is 14.0. The van der Waals surface area contributed by atoms with E-state index < -0.39 is 31.1 Å². The first-order valence-corrected chi connectivity index (χ1v) is 10.9. The fourth-order valence-corrected chi connectivity index (χ4v) is 3.84. The summed E-state index contributed by atoms with van der Waals surface area (Å²) in [6.07, 6.45) is 1.53. The number of anilines is 2. The van der Waals surface area contributed by atoms with Crippen LogP contribution in [0.5, 0.6) is 11.5 Å². The predicted octanol–water partition coefficient (Wildman–Crippen LogP) is 7.09. The molecule has 0 bridgehead atoms. The molecule has 1 N–H and O–H groups in total. The van der Waals surface area contributed by atoms with Gasteiger partial charge in [-0.2, -0.15) is 17.6 Å². The molecule has 3 aromatic carbocycles. The van der Waals surface area contributed by atoms with Crippen LogP contribution in [0.2, 0.25) is 0 Å². The van der Waals surface area contributed by atoms with Gasteiger partial charge in [0, 0.05) is 23.9 Å². The monoisotopic (exact) mass is 522 g/mol. The van der Waals surface area contributed by atoms with Gasteiger partial charge < -0.3 is 14.8 Å². The molecule has 0 radical (unpaired) electrons. The maximum absolute atomic E-state index is 14.0. The lowest BCUT2D eigenvalue weighted by Crippen LogP contribution is -2.31. The fraction of sp³-hybridized carbons (Fsp3) is 0.192. The number of amides is 1. The highest BCUT2D eigenvalue weighted by atomic mass is 19.3. The van der Waals surface area contributed by atoms with E-state index in [0.717, 1.165) is 6.92 Å². The van der Waals surface area contributed by atoms with E-state index in [1.165, 1.54) is 77.7 Å². The third-order valence-electron chi connectivity index (χ3n) is 5.49. The Morgan fingerprint density at radius 2 is 1.43 bits per heavy atom. The molecule has 3 aromatic rings. The molecule has 11 heteroatoms. The molecule has 1 unspecified atom stereocenters. The number of hydrogen-bond acceptors (Lipinski definition) is 4. The number of carbonyl (C=O) groups is 1. The van der Waals surface area contributed by atoms with Crippen LogP contribution in [0, 0.1) is 0 Å². The molecule has 0 aliphatic carbocycles. The summed E-state index contributed by atoms with van der Waals surface area (Å²) in [5.74, 6) is -3.85. The van der Waals surface area contributed by atoms with E-state index in [4.69, 9.17) is 0 Å². The lowest BCUT2D eigenvalue weighted by molar-refractivity contribution is -0.114. The SMILES string of the molecule is CC(F)(F)c1cccc(C2C=C(Nc3ccc(OC(F)F)cc3)C(=O)N2c2ccc(OC(F)F)cc2)c1. The Kier molecular flexibility index (Phi) is 7.33. The standard InChI is InChI=1S/C26H20F6N2O3/c1-26(31,32)16-4-2-3-15(13-16)22-14-21(33-17-5-9-19(10-6-17)36-24(27)28)23(35)34(22)18-7-11-20(12-8-18)37-25(29)30/h2-14,22,24-25,33H,1H3. The number of alkyl halides is 6. The first-order chi connectivity index (χ1) is 17.5. The number of ether oxygens (including phenoxy) is 2. The summed E-state index contributed by atoms with van der Waals surface area (Å²) in [4.78, 5) is 14.7. The quantitative estimate of drug-likeness (QED) is 0.305. The van der Waals surface area contributed by atoms with Crippen molar-refractivity contribution in [2.24, 2.45) is 0 Å². The number of benzene rings is 3. The minimum Gasteiger partial charge on any atom is -0.435 e. The molecule has 4 rings (SSSR count). The van der Waals surface area contributed by atoms with Gasteiger partial charge >= 0.3 is 13.2 Å². The molecule has 0 spiro atoms. The molecule has 1 atom stereocenters. The zero-order valence-corrected chi connectivity index (χ0v) is 19.2. The van der Waals surface area contributed by atoms with Crippen LogP contribution in [-0.4, -0.2) is 19.1 Å². The zero-order chi connectivity index (χ0) is 26.7. The van der Waals surface area contributed by atoms with Gasteiger partial charge in [-0.25, -0.2) is 8.78 Å². The van der Waals surface area contributed by atoms with Gasteiger partial charge in [-0.15, -0.1) is 0 Å². The molecule has 0 aromatic heterocycles. The summed E-state index contributed by atoms with van der Waals surface area (Å²) in [5.41, 5.74) is 0.921. The van der Waals surface area contributed by atoms with Crippen molar-refractivity contribution in [3.63, 3.8) is 0 Å². The van der Waals surface area contributed by atoms with Crippen molar-refractivity contribution < 1.29 is 40.6 Å². The Bertz CT molecular complexity index is 1270. The van der Waals surface area contributed by atoms with Gasteiger partial charge in [-0.05, 0) is 66.2 Å². The van der Waals surface area contributed by atoms with Crippen LogP contribution in [0.25, 0.3) is 0 Å². The van der Waals surface area contributed by atoms with E-state index in [-0.39, 0.29) is 22.8 Å². The van der Waals surface area contributed by atoms with Crippen LogP contribution in [0.15, 0.2) is 84.6 Å². The first kappa shape index (κ1) is 25.9. The van der Waals surface area contributed by atoms with Crippen molar-refractivity contribution in [2.45, 2.75) is 32.1 Å². The molecule has 0 saturated heterocycles. The van der Waals surface area contributed by atoms with Crippen LogP contribution < -0.4 is 19.7 Å². The number of halogens is 6. The smallest absolute Gasteiger partial charge is 0.387 e.